The van der Waals surface area contributed by atoms with E-state index in [0.29, 0.717) is 29.7 Å². The first-order valence-electron chi connectivity index (χ1n) is 8.89. The van der Waals surface area contributed by atoms with E-state index >= 15 is 0 Å². The Bertz CT molecular complexity index is 979. The highest BCUT2D eigenvalue weighted by molar-refractivity contribution is 6.30. The molecule has 0 aliphatic carbocycles. The second-order valence-electron chi connectivity index (χ2n) is 5.84. The van der Waals surface area contributed by atoms with Crippen molar-refractivity contribution in [2.24, 2.45) is 5.10 Å². The number of hydrazone groups is 1. The lowest BCUT2D eigenvalue weighted by atomic mass is 10.2. The van der Waals surface area contributed by atoms with Gasteiger partial charge in [0.1, 0.15) is 12.3 Å². The molecule has 0 spiro atoms. The highest BCUT2D eigenvalue weighted by Gasteiger charge is 2.08. The van der Waals surface area contributed by atoms with Gasteiger partial charge in [-0.1, -0.05) is 23.7 Å². The Morgan fingerprint density at radius 1 is 1.14 bits per heavy atom. The van der Waals surface area contributed by atoms with E-state index in [0.717, 1.165) is 11.1 Å². The summed E-state index contributed by atoms with van der Waals surface area (Å²) in [6, 6.07) is 12.9. The van der Waals surface area contributed by atoms with Crippen LogP contribution in [0.1, 0.15) is 28.5 Å². The average molecular weight is 411 g/mol. The molecular formula is C21H19ClN4O3. The third-order valence-corrected chi connectivity index (χ3v) is 4.00. The van der Waals surface area contributed by atoms with Crippen molar-refractivity contribution in [3.8, 4) is 11.5 Å². The van der Waals surface area contributed by atoms with Gasteiger partial charge in [0, 0.05) is 17.4 Å². The lowest BCUT2D eigenvalue weighted by Crippen LogP contribution is -2.19. The van der Waals surface area contributed by atoms with Gasteiger partial charge >= 0.3 is 0 Å². The van der Waals surface area contributed by atoms with Crippen LogP contribution in [-0.2, 0) is 6.61 Å². The number of carbonyl (C=O) groups is 1. The lowest BCUT2D eigenvalue weighted by Gasteiger charge is -2.12. The standard InChI is InChI=1S/C21H19ClN4O3/c1-2-28-20-11-16(12-25-26-21(27)18-13-23-9-10-24-18)5-8-19(20)29-14-15-3-6-17(22)7-4-15/h3-13H,2,14H2,1H3,(H,26,27). The molecule has 0 fully saturated rings. The summed E-state index contributed by atoms with van der Waals surface area (Å²) in [7, 11) is 0. The largest absolute Gasteiger partial charge is 0.490 e. The van der Waals surface area contributed by atoms with E-state index in [-0.39, 0.29) is 5.69 Å². The van der Waals surface area contributed by atoms with Crippen LogP contribution in [0.25, 0.3) is 0 Å². The van der Waals surface area contributed by atoms with Gasteiger partial charge < -0.3 is 9.47 Å². The summed E-state index contributed by atoms with van der Waals surface area (Å²) in [5.41, 5.74) is 4.33. The second-order valence-corrected chi connectivity index (χ2v) is 6.28. The molecule has 1 heterocycles. The second kappa shape index (κ2) is 10.2. The smallest absolute Gasteiger partial charge is 0.291 e. The first-order chi connectivity index (χ1) is 14.2. The Kier molecular flexibility index (Phi) is 7.13. The van der Waals surface area contributed by atoms with E-state index < -0.39 is 5.91 Å². The minimum atomic E-state index is -0.442. The van der Waals surface area contributed by atoms with Gasteiger partial charge in [0.05, 0.1) is 19.0 Å². The van der Waals surface area contributed by atoms with Gasteiger partial charge in [0.25, 0.3) is 5.91 Å². The Morgan fingerprint density at radius 2 is 1.97 bits per heavy atom. The Morgan fingerprint density at radius 3 is 2.69 bits per heavy atom. The number of benzene rings is 2. The van der Waals surface area contributed by atoms with Crippen molar-refractivity contribution in [1.29, 1.82) is 0 Å². The summed E-state index contributed by atoms with van der Waals surface area (Å²) < 4.78 is 11.5. The minimum Gasteiger partial charge on any atom is -0.490 e. The molecule has 7 nitrogen and oxygen atoms in total. The molecule has 0 saturated heterocycles. The van der Waals surface area contributed by atoms with Crippen molar-refractivity contribution in [1.82, 2.24) is 15.4 Å². The number of nitrogens with zero attached hydrogens (tertiary/aromatic N) is 3. The fourth-order valence-corrected chi connectivity index (χ4v) is 2.50. The molecule has 148 valence electrons. The van der Waals surface area contributed by atoms with Crippen molar-refractivity contribution in [3.05, 3.63) is 82.9 Å². The summed E-state index contributed by atoms with van der Waals surface area (Å²) in [4.78, 5) is 19.7. The van der Waals surface area contributed by atoms with Crippen LogP contribution in [0.15, 0.2) is 66.2 Å². The van der Waals surface area contributed by atoms with E-state index in [4.69, 9.17) is 21.1 Å². The summed E-state index contributed by atoms with van der Waals surface area (Å²) in [5, 5.41) is 4.63. The van der Waals surface area contributed by atoms with Gasteiger partial charge in [0.15, 0.2) is 11.5 Å². The predicted octanol–water partition coefficient (Wildman–Crippen LogP) is 3.87. The molecule has 0 unspecified atom stereocenters. The fraction of sp³-hybridized carbons (Fsp3) is 0.143. The molecule has 0 aliphatic heterocycles. The third kappa shape index (κ3) is 6.02. The minimum absolute atomic E-state index is 0.186. The molecule has 0 radical (unpaired) electrons. The summed E-state index contributed by atoms with van der Waals surface area (Å²) in [6.07, 6.45) is 5.81. The van der Waals surface area contributed by atoms with Crippen molar-refractivity contribution in [2.45, 2.75) is 13.5 Å². The summed E-state index contributed by atoms with van der Waals surface area (Å²) in [6.45, 7) is 2.77. The van der Waals surface area contributed by atoms with Crippen molar-refractivity contribution in [2.75, 3.05) is 6.61 Å². The van der Waals surface area contributed by atoms with Crippen LogP contribution in [-0.4, -0.2) is 28.7 Å². The third-order valence-electron chi connectivity index (χ3n) is 3.75. The molecular weight excluding hydrogens is 392 g/mol. The number of hydrogen-bond acceptors (Lipinski definition) is 6. The molecule has 2 aromatic carbocycles. The quantitative estimate of drug-likeness (QED) is 0.450. The highest BCUT2D eigenvalue weighted by Crippen LogP contribution is 2.29. The van der Waals surface area contributed by atoms with Gasteiger partial charge in [-0.3, -0.25) is 9.78 Å². The Balaban J connectivity index is 1.65. The van der Waals surface area contributed by atoms with E-state index in [1.165, 1.54) is 24.8 Å². The predicted molar refractivity (Wildman–Crippen MR) is 110 cm³/mol. The molecule has 0 saturated carbocycles. The van der Waals surface area contributed by atoms with Crippen LogP contribution >= 0.6 is 11.6 Å². The number of rotatable bonds is 8. The van der Waals surface area contributed by atoms with Crippen LogP contribution in [0.3, 0.4) is 0 Å². The molecule has 0 aliphatic rings. The van der Waals surface area contributed by atoms with Crippen molar-refractivity contribution >= 4 is 23.7 Å². The molecule has 1 N–H and O–H groups in total. The molecule has 1 amide bonds. The maximum absolute atomic E-state index is 11.9. The monoisotopic (exact) mass is 410 g/mol. The maximum atomic E-state index is 11.9. The van der Waals surface area contributed by atoms with Crippen molar-refractivity contribution in [3.63, 3.8) is 0 Å². The van der Waals surface area contributed by atoms with Gasteiger partial charge in [-0.15, -0.1) is 0 Å². The summed E-state index contributed by atoms with van der Waals surface area (Å²) >= 11 is 5.90. The van der Waals surface area contributed by atoms with Crippen LogP contribution in [0.4, 0.5) is 0 Å². The highest BCUT2D eigenvalue weighted by atomic mass is 35.5. The number of aromatic nitrogens is 2. The molecule has 3 aromatic rings. The van der Waals surface area contributed by atoms with Gasteiger partial charge in [-0.2, -0.15) is 5.10 Å². The number of amides is 1. The maximum Gasteiger partial charge on any atom is 0.291 e. The van der Waals surface area contributed by atoms with Crippen LogP contribution in [0.2, 0.25) is 5.02 Å². The van der Waals surface area contributed by atoms with E-state index in [1.54, 1.807) is 12.1 Å². The molecule has 8 heteroatoms. The van der Waals surface area contributed by atoms with E-state index in [2.05, 4.69) is 20.5 Å². The van der Waals surface area contributed by atoms with Crippen LogP contribution < -0.4 is 14.9 Å². The molecule has 1 aromatic heterocycles. The van der Waals surface area contributed by atoms with Crippen LogP contribution in [0, 0.1) is 0 Å². The van der Waals surface area contributed by atoms with Crippen LogP contribution in [0.5, 0.6) is 11.5 Å². The molecule has 0 bridgehead atoms. The number of hydrogen-bond donors (Lipinski definition) is 1. The number of halogens is 1. The summed E-state index contributed by atoms with van der Waals surface area (Å²) in [5.74, 6) is 0.760. The van der Waals surface area contributed by atoms with Gasteiger partial charge in [-0.05, 0) is 48.4 Å². The molecule has 3 rings (SSSR count). The van der Waals surface area contributed by atoms with Gasteiger partial charge in [-0.25, -0.2) is 10.4 Å². The molecule has 29 heavy (non-hydrogen) atoms. The zero-order chi connectivity index (χ0) is 20.5. The SMILES string of the molecule is CCOc1cc(C=NNC(=O)c2cnccn2)ccc1OCc1ccc(Cl)cc1. The number of nitrogens with one attached hydrogen (secondary N) is 1. The van der Waals surface area contributed by atoms with E-state index in [9.17, 15) is 4.79 Å². The number of carbonyl (C=O) groups excluding carboxylic acids is 1. The normalized spacial score (nSPS) is 10.7. The van der Waals surface area contributed by atoms with Crippen molar-refractivity contribution < 1.29 is 14.3 Å². The Hall–Kier alpha value is -3.45. The van der Waals surface area contributed by atoms with Gasteiger partial charge in [0.2, 0.25) is 0 Å². The Labute approximate surface area is 173 Å². The topological polar surface area (TPSA) is 85.7 Å². The molecule has 0 atom stereocenters. The first-order valence-corrected chi connectivity index (χ1v) is 9.27. The zero-order valence-corrected chi connectivity index (χ0v) is 16.5. The zero-order valence-electron chi connectivity index (χ0n) is 15.7. The number of ether oxygens (including phenoxy) is 2. The first kappa shape index (κ1) is 20.3. The fourth-order valence-electron chi connectivity index (χ4n) is 2.37. The lowest BCUT2D eigenvalue weighted by molar-refractivity contribution is 0.0949. The average Bonchev–Trinajstić information content (AvgIpc) is 2.75. The van der Waals surface area contributed by atoms with E-state index in [1.807, 2.05) is 37.3 Å².